The third-order valence-corrected chi connectivity index (χ3v) is 3.11. The van der Waals surface area contributed by atoms with Gasteiger partial charge in [0.15, 0.2) is 5.11 Å². The lowest BCUT2D eigenvalue weighted by Gasteiger charge is -2.15. The SMILES string of the molecule is C[C@@H](CNC(=S)NC1CC1)c1ccccc1. The molecule has 0 saturated heterocycles. The molecule has 1 atom stereocenters. The summed E-state index contributed by atoms with van der Waals surface area (Å²) in [5.74, 6) is 0.486. The maximum atomic E-state index is 5.22. The van der Waals surface area contributed by atoms with Gasteiger partial charge in [-0.25, -0.2) is 0 Å². The summed E-state index contributed by atoms with van der Waals surface area (Å²) in [5.41, 5.74) is 1.35. The summed E-state index contributed by atoms with van der Waals surface area (Å²) < 4.78 is 0. The summed E-state index contributed by atoms with van der Waals surface area (Å²) in [4.78, 5) is 0. The maximum Gasteiger partial charge on any atom is 0.166 e. The van der Waals surface area contributed by atoms with Gasteiger partial charge in [0.1, 0.15) is 0 Å². The molecule has 0 aliphatic heterocycles. The van der Waals surface area contributed by atoms with Gasteiger partial charge >= 0.3 is 0 Å². The molecule has 0 bridgehead atoms. The largest absolute Gasteiger partial charge is 0.362 e. The van der Waals surface area contributed by atoms with Crippen LogP contribution in [0.2, 0.25) is 0 Å². The van der Waals surface area contributed by atoms with Crippen molar-refractivity contribution in [2.75, 3.05) is 6.54 Å². The second kappa shape index (κ2) is 5.30. The summed E-state index contributed by atoms with van der Waals surface area (Å²) in [6.07, 6.45) is 2.52. The number of rotatable bonds is 4. The van der Waals surface area contributed by atoms with Crippen LogP contribution < -0.4 is 10.6 Å². The van der Waals surface area contributed by atoms with Crippen LogP contribution in [0.1, 0.15) is 31.2 Å². The van der Waals surface area contributed by atoms with Gasteiger partial charge < -0.3 is 10.6 Å². The second-order valence-corrected chi connectivity index (χ2v) is 4.85. The number of hydrogen-bond acceptors (Lipinski definition) is 1. The molecule has 1 aliphatic rings. The topological polar surface area (TPSA) is 24.1 Å². The molecule has 0 unspecified atom stereocenters. The highest BCUT2D eigenvalue weighted by Gasteiger charge is 2.21. The molecule has 1 aromatic carbocycles. The van der Waals surface area contributed by atoms with E-state index in [1.54, 1.807) is 0 Å². The van der Waals surface area contributed by atoms with E-state index in [2.05, 4.69) is 41.8 Å². The van der Waals surface area contributed by atoms with E-state index in [0.29, 0.717) is 12.0 Å². The average molecular weight is 234 g/mol. The third-order valence-electron chi connectivity index (χ3n) is 2.85. The first-order chi connectivity index (χ1) is 7.75. The van der Waals surface area contributed by atoms with E-state index in [1.807, 2.05) is 6.07 Å². The van der Waals surface area contributed by atoms with E-state index < -0.39 is 0 Å². The van der Waals surface area contributed by atoms with Crippen molar-refractivity contribution in [3.05, 3.63) is 35.9 Å². The standard InChI is InChI=1S/C13H18N2S/c1-10(11-5-3-2-4-6-11)9-14-13(16)15-12-7-8-12/h2-6,10,12H,7-9H2,1H3,(H2,14,15,16)/t10-/m0/s1. The Morgan fingerprint density at radius 1 is 1.38 bits per heavy atom. The molecule has 2 nitrogen and oxygen atoms in total. The summed E-state index contributed by atoms with van der Waals surface area (Å²) in [6, 6.07) is 11.1. The van der Waals surface area contributed by atoms with Crippen molar-refractivity contribution in [3.63, 3.8) is 0 Å². The van der Waals surface area contributed by atoms with Crippen LogP contribution in [0.15, 0.2) is 30.3 Å². The number of nitrogens with one attached hydrogen (secondary N) is 2. The first-order valence-electron chi connectivity index (χ1n) is 5.85. The zero-order valence-electron chi connectivity index (χ0n) is 9.57. The van der Waals surface area contributed by atoms with Crippen LogP contribution in [-0.4, -0.2) is 17.7 Å². The quantitative estimate of drug-likeness (QED) is 0.782. The summed E-state index contributed by atoms with van der Waals surface area (Å²) >= 11 is 5.22. The van der Waals surface area contributed by atoms with Crippen LogP contribution in [0.5, 0.6) is 0 Å². The fourth-order valence-corrected chi connectivity index (χ4v) is 1.86. The van der Waals surface area contributed by atoms with Crippen molar-refractivity contribution in [2.45, 2.75) is 31.7 Å². The predicted octanol–water partition coefficient (Wildman–Crippen LogP) is 2.42. The number of hydrogen-bond donors (Lipinski definition) is 2. The molecule has 86 valence electrons. The molecule has 0 heterocycles. The Morgan fingerprint density at radius 3 is 2.69 bits per heavy atom. The van der Waals surface area contributed by atoms with Gasteiger partial charge in [0.2, 0.25) is 0 Å². The van der Waals surface area contributed by atoms with E-state index in [9.17, 15) is 0 Å². The molecular weight excluding hydrogens is 216 g/mol. The van der Waals surface area contributed by atoms with Crippen molar-refractivity contribution in [1.29, 1.82) is 0 Å². The van der Waals surface area contributed by atoms with Crippen LogP contribution in [0.25, 0.3) is 0 Å². The maximum absolute atomic E-state index is 5.22. The molecule has 1 fully saturated rings. The monoisotopic (exact) mass is 234 g/mol. The molecule has 0 spiro atoms. The lowest BCUT2D eigenvalue weighted by molar-refractivity contribution is 0.707. The van der Waals surface area contributed by atoms with Gasteiger partial charge in [0, 0.05) is 12.6 Å². The van der Waals surface area contributed by atoms with Crippen molar-refractivity contribution < 1.29 is 0 Å². The van der Waals surface area contributed by atoms with Gasteiger partial charge in [-0.3, -0.25) is 0 Å². The summed E-state index contributed by atoms with van der Waals surface area (Å²) in [6.45, 7) is 3.10. The Bertz CT molecular complexity index is 346. The van der Waals surface area contributed by atoms with Gasteiger partial charge in [-0.15, -0.1) is 0 Å². The molecule has 2 N–H and O–H groups in total. The van der Waals surface area contributed by atoms with Gasteiger partial charge in [0.05, 0.1) is 0 Å². The minimum absolute atomic E-state index is 0.486. The van der Waals surface area contributed by atoms with Crippen LogP contribution in [-0.2, 0) is 0 Å². The smallest absolute Gasteiger partial charge is 0.166 e. The van der Waals surface area contributed by atoms with E-state index >= 15 is 0 Å². The number of thiocarbonyl (C=S) groups is 1. The first kappa shape index (κ1) is 11.4. The van der Waals surface area contributed by atoms with Crippen LogP contribution in [0, 0.1) is 0 Å². The minimum Gasteiger partial charge on any atom is -0.362 e. The molecular formula is C13H18N2S. The predicted molar refractivity (Wildman–Crippen MR) is 71.6 cm³/mol. The van der Waals surface area contributed by atoms with Gasteiger partial charge in [-0.2, -0.15) is 0 Å². The second-order valence-electron chi connectivity index (χ2n) is 4.44. The van der Waals surface area contributed by atoms with Crippen molar-refractivity contribution in [1.82, 2.24) is 10.6 Å². The minimum atomic E-state index is 0.486. The molecule has 3 heteroatoms. The first-order valence-corrected chi connectivity index (χ1v) is 6.26. The fourth-order valence-electron chi connectivity index (χ4n) is 1.61. The Hall–Kier alpha value is -1.09. The Kier molecular flexibility index (Phi) is 3.78. The van der Waals surface area contributed by atoms with Crippen molar-refractivity contribution in [3.8, 4) is 0 Å². The normalized spacial score (nSPS) is 16.6. The summed E-state index contributed by atoms with van der Waals surface area (Å²) in [5, 5.41) is 7.35. The fraction of sp³-hybridized carbons (Fsp3) is 0.462. The zero-order valence-corrected chi connectivity index (χ0v) is 10.4. The molecule has 0 aromatic heterocycles. The van der Waals surface area contributed by atoms with Crippen LogP contribution in [0.3, 0.4) is 0 Å². The highest BCUT2D eigenvalue weighted by molar-refractivity contribution is 7.80. The van der Waals surface area contributed by atoms with Gasteiger partial charge in [-0.1, -0.05) is 37.3 Å². The highest BCUT2D eigenvalue weighted by atomic mass is 32.1. The molecule has 1 saturated carbocycles. The van der Waals surface area contributed by atoms with Crippen molar-refractivity contribution >= 4 is 17.3 Å². The number of benzene rings is 1. The zero-order chi connectivity index (χ0) is 11.4. The molecule has 1 aliphatic carbocycles. The van der Waals surface area contributed by atoms with Crippen LogP contribution >= 0.6 is 12.2 Å². The lowest BCUT2D eigenvalue weighted by Crippen LogP contribution is -2.38. The van der Waals surface area contributed by atoms with E-state index in [-0.39, 0.29) is 0 Å². The highest BCUT2D eigenvalue weighted by Crippen LogP contribution is 2.18. The Balaban J connectivity index is 1.74. The molecule has 2 rings (SSSR count). The molecule has 16 heavy (non-hydrogen) atoms. The lowest BCUT2D eigenvalue weighted by atomic mass is 10.0. The Morgan fingerprint density at radius 2 is 2.06 bits per heavy atom. The molecule has 1 aromatic rings. The molecule has 0 radical (unpaired) electrons. The van der Waals surface area contributed by atoms with Gasteiger partial charge in [0.25, 0.3) is 0 Å². The van der Waals surface area contributed by atoms with Gasteiger partial charge in [-0.05, 0) is 36.5 Å². The van der Waals surface area contributed by atoms with E-state index in [0.717, 1.165) is 11.7 Å². The summed E-state index contributed by atoms with van der Waals surface area (Å²) in [7, 11) is 0. The van der Waals surface area contributed by atoms with Crippen molar-refractivity contribution in [2.24, 2.45) is 0 Å². The van der Waals surface area contributed by atoms with E-state index in [4.69, 9.17) is 12.2 Å². The van der Waals surface area contributed by atoms with Crippen LogP contribution in [0.4, 0.5) is 0 Å². The third kappa shape index (κ3) is 3.49. The molecule has 0 amide bonds. The van der Waals surface area contributed by atoms with E-state index in [1.165, 1.54) is 18.4 Å². The Labute approximate surface area is 102 Å². The average Bonchev–Trinajstić information content (AvgIpc) is 3.11.